The molecule has 0 saturated carbocycles. The molecule has 4 rings (SSSR count). The highest BCUT2D eigenvalue weighted by molar-refractivity contribution is 6.05. The molecule has 1 unspecified atom stereocenters. The van der Waals surface area contributed by atoms with Crippen molar-refractivity contribution < 1.29 is 14.4 Å². The standard InChI is InChI=1S/C21H23NO3/c1-13-6-5-9-22(11-13)12-15-10-18-16-7-3-4-8-17(16)21(24)25-20(18)14(2)19(15)23/h3-4,7-8,10,13,23H,5-6,9,11-12H2,1-2H3/p+1/t13-/m1/s1. The first-order chi connectivity index (χ1) is 12.0. The van der Waals surface area contributed by atoms with Gasteiger partial charge in [-0.2, -0.15) is 0 Å². The lowest BCUT2D eigenvalue weighted by molar-refractivity contribution is -0.922. The van der Waals surface area contributed by atoms with Crippen LogP contribution in [0.1, 0.15) is 30.9 Å². The highest BCUT2D eigenvalue weighted by Gasteiger charge is 2.23. The highest BCUT2D eigenvalue weighted by atomic mass is 16.4. The zero-order chi connectivity index (χ0) is 17.6. The number of fused-ring (bicyclic) bond motifs is 3. The van der Waals surface area contributed by atoms with Gasteiger partial charge in [0.25, 0.3) is 0 Å². The van der Waals surface area contributed by atoms with Crippen LogP contribution in [0.4, 0.5) is 0 Å². The maximum Gasteiger partial charge on any atom is 0.344 e. The minimum Gasteiger partial charge on any atom is -0.507 e. The second-order valence-electron chi connectivity index (χ2n) is 7.45. The normalized spacial score (nSPS) is 21.0. The third-order valence-electron chi connectivity index (χ3n) is 5.50. The van der Waals surface area contributed by atoms with Gasteiger partial charge in [0.2, 0.25) is 0 Å². The molecule has 4 heteroatoms. The molecule has 2 heterocycles. The largest absolute Gasteiger partial charge is 0.507 e. The van der Waals surface area contributed by atoms with E-state index in [1.54, 1.807) is 6.07 Å². The van der Waals surface area contributed by atoms with Crippen molar-refractivity contribution in [2.24, 2.45) is 5.92 Å². The predicted octanol–water partition coefficient (Wildman–Crippen LogP) is 2.78. The first-order valence-corrected chi connectivity index (χ1v) is 9.05. The summed E-state index contributed by atoms with van der Waals surface area (Å²) in [5.74, 6) is 0.989. The van der Waals surface area contributed by atoms with Gasteiger partial charge in [-0.15, -0.1) is 0 Å². The van der Waals surface area contributed by atoms with Crippen molar-refractivity contribution in [3.63, 3.8) is 0 Å². The zero-order valence-electron chi connectivity index (χ0n) is 14.8. The zero-order valence-corrected chi connectivity index (χ0v) is 14.8. The third-order valence-corrected chi connectivity index (χ3v) is 5.50. The molecule has 0 aliphatic carbocycles. The first-order valence-electron chi connectivity index (χ1n) is 9.05. The van der Waals surface area contributed by atoms with E-state index >= 15 is 0 Å². The Balaban J connectivity index is 1.88. The lowest BCUT2D eigenvalue weighted by atomic mass is 9.97. The Morgan fingerprint density at radius 3 is 2.76 bits per heavy atom. The number of phenols is 1. The van der Waals surface area contributed by atoms with Gasteiger partial charge in [-0.25, -0.2) is 4.79 Å². The molecular weight excluding hydrogens is 314 g/mol. The Bertz CT molecular complexity index is 1010. The molecule has 1 aliphatic rings. The molecule has 2 aromatic carbocycles. The van der Waals surface area contributed by atoms with Crippen LogP contribution in [0, 0.1) is 12.8 Å². The van der Waals surface area contributed by atoms with Crippen molar-refractivity contribution in [3.05, 3.63) is 51.9 Å². The van der Waals surface area contributed by atoms with Crippen molar-refractivity contribution in [3.8, 4) is 5.75 Å². The monoisotopic (exact) mass is 338 g/mol. The fourth-order valence-corrected chi connectivity index (χ4v) is 4.20. The summed E-state index contributed by atoms with van der Waals surface area (Å²) >= 11 is 0. The van der Waals surface area contributed by atoms with E-state index in [2.05, 4.69) is 6.92 Å². The van der Waals surface area contributed by atoms with Gasteiger partial charge in [0.1, 0.15) is 17.9 Å². The van der Waals surface area contributed by atoms with Crippen LogP contribution < -0.4 is 10.5 Å². The van der Waals surface area contributed by atoms with Crippen LogP contribution in [0.5, 0.6) is 5.75 Å². The van der Waals surface area contributed by atoms with Gasteiger partial charge in [-0.3, -0.25) is 0 Å². The average molecular weight is 338 g/mol. The molecule has 0 radical (unpaired) electrons. The number of phenolic OH excluding ortho intramolecular Hbond substituents is 1. The van der Waals surface area contributed by atoms with Crippen LogP contribution in [0.25, 0.3) is 21.7 Å². The van der Waals surface area contributed by atoms with Crippen molar-refractivity contribution in [1.82, 2.24) is 0 Å². The molecule has 4 nitrogen and oxygen atoms in total. The molecule has 25 heavy (non-hydrogen) atoms. The molecular formula is C21H24NO3+. The number of nitrogens with one attached hydrogen (secondary N) is 1. The van der Waals surface area contributed by atoms with Gasteiger partial charge in [-0.05, 0) is 37.3 Å². The SMILES string of the molecule is Cc1c(O)c(C[NH+]2CCC[C@@H](C)C2)cc2c1oc(=O)c1ccccc12. The van der Waals surface area contributed by atoms with Crippen LogP contribution >= 0.6 is 0 Å². The third kappa shape index (κ3) is 2.81. The number of rotatable bonds is 2. The maximum absolute atomic E-state index is 12.2. The summed E-state index contributed by atoms with van der Waals surface area (Å²) in [6.07, 6.45) is 2.53. The summed E-state index contributed by atoms with van der Waals surface area (Å²) < 4.78 is 5.53. The van der Waals surface area contributed by atoms with Crippen LogP contribution in [0.15, 0.2) is 39.5 Å². The van der Waals surface area contributed by atoms with E-state index in [1.165, 1.54) is 17.7 Å². The number of piperidine rings is 1. The Labute approximate surface area is 146 Å². The number of hydrogen-bond acceptors (Lipinski definition) is 3. The molecule has 1 saturated heterocycles. The van der Waals surface area contributed by atoms with Crippen molar-refractivity contribution in [2.45, 2.75) is 33.2 Å². The van der Waals surface area contributed by atoms with E-state index in [0.717, 1.165) is 41.9 Å². The number of aromatic hydroxyl groups is 1. The molecule has 1 aromatic heterocycles. The summed E-state index contributed by atoms with van der Waals surface area (Å²) in [6.45, 7) is 7.22. The summed E-state index contributed by atoms with van der Waals surface area (Å²) in [4.78, 5) is 13.8. The van der Waals surface area contributed by atoms with Crippen LogP contribution in [0.3, 0.4) is 0 Å². The van der Waals surface area contributed by atoms with Crippen LogP contribution in [0.2, 0.25) is 0 Å². The lowest BCUT2D eigenvalue weighted by Gasteiger charge is -2.28. The highest BCUT2D eigenvalue weighted by Crippen LogP contribution is 2.33. The predicted molar refractivity (Wildman–Crippen MR) is 99.2 cm³/mol. The molecule has 0 spiro atoms. The Hall–Kier alpha value is -2.33. The van der Waals surface area contributed by atoms with E-state index in [9.17, 15) is 9.90 Å². The van der Waals surface area contributed by atoms with Gasteiger partial charge < -0.3 is 14.4 Å². The van der Waals surface area contributed by atoms with E-state index in [-0.39, 0.29) is 11.4 Å². The lowest BCUT2D eigenvalue weighted by Crippen LogP contribution is -3.12. The van der Waals surface area contributed by atoms with Crippen LogP contribution in [-0.2, 0) is 6.54 Å². The van der Waals surface area contributed by atoms with Crippen LogP contribution in [-0.4, -0.2) is 18.2 Å². The second-order valence-corrected chi connectivity index (χ2v) is 7.45. The number of benzene rings is 2. The van der Waals surface area contributed by atoms with E-state index in [4.69, 9.17) is 4.42 Å². The Morgan fingerprint density at radius 2 is 2.00 bits per heavy atom. The number of quaternary nitrogens is 1. The quantitative estimate of drug-likeness (QED) is 0.558. The smallest absolute Gasteiger partial charge is 0.344 e. The minimum absolute atomic E-state index is 0.261. The van der Waals surface area contributed by atoms with Gasteiger partial charge in [-0.1, -0.05) is 25.1 Å². The molecule has 2 N–H and O–H groups in total. The number of hydrogen-bond donors (Lipinski definition) is 2. The molecule has 3 aromatic rings. The Kier molecular flexibility index (Phi) is 4.00. The summed E-state index contributed by atoms with van der Waals surface area (Å²) in [7, 11) is 0. The second kappa shape index (κ2) is 6.19. The topological polar surface area (TPSA) is 54.9 Å². The summed E-state index contributed by atoms with van der Waals surface area (Å²) in [6, 6.07) is 9.53. The molecule has 0 amide bonds. The minimum atomic E-state index is -0.353. The fourth-order valence-electron chi connectivity index (χ4n) is 4.20. The first kappa shape index (κ1) is 16.2. The molecule has 2 atom stereocenters. The van der Waals surface area contributed by atoms with Gasteiger partial charge in [0.15, 0.2) is 0 Å². The average Bonchev–Trinajstić information content (AvgIpc) is 2.61. The van der Waals surface area contributed by atoms with E-state index in [1.807, 2.05) is 31.2 Å². The number of aryl methyl sites for hydroxylation is 1. The van der Waals surface area contributed by atoms with E-state index in [0.29, 0.717) is 16.5 Å². The van der Waals surface area contributed by atoms with Gasteiger partial charge in [0, 0.05) is 22.4 Å². The van der Waals surface area contributed by atoms with Crippen molar-refractivity contribution in [1.29, 1.82) is 0 Å². The Morgan fingerprint density at radius 1 is 1.24 bits per heavy atom. The number of likely N-dealkylation sites (tertiary alicyclic amines) is 1. The fraction of sp³-hybridized carbons (Fsp3) is 0.381. The molecule has 130 valence electrons. The molecule has 1 aliphatic heterocycles. The molecule has 0 bridgehead atoms. The summed E-state index contributed by atoms with van der Waals surface area (Å²) in [5, 5.41) is 13.1. The van der Waals surface area contributed by atoms with Crippen molar-refractivity contribution in [2.75, 3.05) is 13.1 Å². The van der Waals surface area contributed by atoms with Gasteiger partial charge in [0.05, 0.1) is 18.5 Å². The van der Waals surface area contributed by atoms with Gasteiger partial charge >= 0.3 is 5.63 Å². The summed E-state index contributed by atoms with van der Waals surface area (Å²) in [5.41, 5.74) is 1.73. The molecule has 1 fully saturated rings. The van der Waals surface area contributed by atoms with E-state index < -0.39 is 0 Å². The maximum atomic E-state index is 12.2. The van der Waals surface area contributed by atoms with Crippen molar-refractivity contribution >= 4 is 21.7 Å².